The van der Waals surface area contributed by atoms with Crippen LogP contribution >= 0.6 is 0 Å². The summed E-state index contributed by atoms with van der Waals surface area (Å²) in [5, 5.41) is 21.3. The van der Waals surface area contributed by atoms with Crippen molar-refractivity contribution in [3.8, 4) is 0 Å². The van der Waals surface area contributed by atoms with E-state index in [-0.39, 0.29) is 28.9 Å². The van der Waals surface area contributed by atoms with Gasteiger partial charge in [0.1, 0.15) is 0 Å². The number of carboxylic acids is 1. The molecule has 6 unspecified atom stereocenters. The number of aliphatic hydroxyl groups is 1. The number of nitrogens with zero attached hydrogens (tertiary/aromatic N) is 2. The fraction of sp³-hybridized carbons (Fsp3) is 0.682. The van der Waals surface area contributed by atoms with Crippen molar-refractivity contribution in [1.29, 1.82) is 0 Å². The number of aliphatic imine (C=N–C) groups is 1. The molecule has 0 amide bonds. The fourth-order valence-corrected chi connectivity index (χ4v) is 8.48. The molecule has 1 aliphatic heterocycles. The van der Waals surface area contributed by atoms with Gasteiger partial charge in [-0.05, 0) is 61.9 Å². The molecule has 2 spiro atoms. The number of nitrogens with two attached hydrogens (primary N) is 1. The zero-order valence-corrected chi connectivity index (χ0v) is 17.0. The summed E-state index contributed by atoms with van der Waals surface area (Å²) in [5.74, 6) is -0.382. The molecule has 5 aliphatic rings. The average molecular weight is 399 g/mol. The second-order valence-corrected chi connectivity index (χ2v) is 9.96. The van der Waals surface area contributed by atoms with Crippen LogP contribution in [0.2, 0.25) is 0 Å². The molecule has 1 heterocycles. The van der Waals surface area contributed by atoms with Crippen LogP contribution in [0, 0.1) is 22.2 Å². The Hall–Kier alpha value is -2.15. The summed E-state index contributed by atoms with van der Waals surface area (Å²) in [6, 6.07) is 0.0936. The minimum Gasteiger partial charge on any atom is -0.478 e. The summed E-state index contributed by atoms with van der Waals surface area (Å²) in [6.07, 6.45) is 10.1. The smallest absolute Gasteiger partial charge is 0.334 e. The van der Waals surface area contributed by atoms with E-state index in [0.29, 0.717) is 24.6 Å². The predicted molar refractivity (Wildman–Crippen MR) is 107 cm³/mol. The van der Waals surface area contributed by atoms with E-state index in [1.165, 1.54) is 0 Å². The van der Waals surface area contributed by atoms with Crippen LogP contribution in [0.15, 0.2) is 28.4 Å². The van der Waals surface area contributed by atoms with Gasteiger partial charge in [0.15, 0.2) is 17.8 Å². The number of carbonyl (C=O) groups excluding carboxylic acids is 1. The van der Waals surface area contributed by atoms with Crippen molar-refractivity contribution in [3.63, 3.8) is 0 Å². The standard InChI is InChI=1S/C22H29N3O4/c1-19-7-4-13-10-14-16(17(27)28)20(29,12-26)11-22(14,19)21(13)6-3-9-25(18(23)24-2)15(21)5-8-19/h3,9,12-13,15,29H,4-8,10-11H2,1-2H3,(H2,23,24)(H,27,28). The number of hydrogen-bond donors (Lipinski definition) is 3. The van der Waals surface area contributed by atoms with Gasteiger partial charge in [-0.3, -0.25) is 9.79 Å². The Morgan fingerprint density at radius 3 is 2.76 bits per heavy atom. The van der Waals surface area contributed by atoms with E-state index in [0.717, 1.165) is 37.7 Å². The summed E-state index contributed by atoms with van der Waals surface area (Å²) in [5.41, 5.74) is 4.23. The molecule has 4 aliphatic carbocycles. The van der Waals surface area contributed by atoms with Gasteiger partial charge in [0.2, 0.25) is 0 Å². The number of guanidine groups is 1. The zero-order valence-electron chi connectivity index (χ0n) is 17.0. The second kappa shape index (κ2) is 5.50. The summed E-state index contributed by atoms with van der Waals surface area (Å²) >= 11 is 0. The van der Waals surface area contributed by atoms with Crippen molar-refractivity contribution in [2.45, 2.75) is 63.5 Å². The minimum atomic E-state index is -1.92. The summed E-state index contributed by atoms with van der Waals surface area (Å²) < 4.78 is 0. The third-order valence-electron chi connectivity index (χ3n) is 9.36. The van der Waals surface area contributed by atoms with Gasteiger partial charge in [0.25, 0.3) is 0 Å². The van der Waals surface area contributed by atoms with E-state index in [2.05, 4.69) is 22.9 Å². The van der Waals surface area contributed by atoms with Crippen LogP contribution < -0.4 is 5.73 Å². The van der Waals surface area contributed by atoms with Gasteiger partial charge in [0.05, 0.1) is 5.57 Å². The first kappa shape index (κ1) is 18.9. The Balaban J connectivity index is 1.81. The van der Waals surface area contributed by atoms with E-state index in [9.17, 15) is 19.8 Å². The molecule has 7 nitrogen and oxygen atoms in total. The van der Waals surface area contributed by atoms with Gasteiger partial charge in [-0.15, -0.1) is 0 Å². The van der Waals surface area contributed by atoms with Crippen molar-refractivity contribution in [2.24, 2.45) is 32.9 Å². The molecule has 156 valence electrons. The normalized spacial score (nSPS) is 47.8. The van der Waals surface area contributed by atoms with Crippen molar-refractivity contribution >= 4 is 18.2 Å². The lowest BCUT2D eigenvalue weighted by Crippen LogP contribution is -2.68. The third kappa shape index (κ3) is 1.82. The van der Waals surface area contributed by atoms with Crippen LogP contribution in [0.5, 0.6) is 0 Å². The molecule has 0 aromatic rings. The van der Waals surface area contributed by atoms with E-state index in [1.807, 2.05) is 6.20 Å². The number of aliphatic carboxylic acids is 1. The molecular formula is C22H29N3O4. The molecular weight excluding hydrogens is 370 g/mol. The Morgan fingerprint density at radius 1 is 1.38 bits per heavy atom. The second-order valence-electron chi connectivity index (χ2n) is 9.96. The third-order valence-corrected chi connectivity index (χ3v) is 9.36. The van der Waals surface area contributed by atoms with E-state index < -0.39 is 17.0 Å². The first-order valence-corrected chi connectivity index (χ1v) is 10.5. The highest BCUT2D eigenvalue weighted by Crippen LogP contribution is 2.83. The van der Waals surface area contributed by atoms with E-state index in [1.54, 1.807) is 7.05 Å². The molecule has 5 rings (SSSR count). The highest BCUT2D eigenvalue weighted by Gasteiger charge is 2.80. The van der Waals surface area contributed by atoms with E-state index in [4.69, 9.17) is 5.73 Å². The highest BCUT2D eigenvalue weighted by molar-refractivity contribution is 5.98. The Labute approximate surface area is 170 Å². The van der Waals surface area contributed by atoms with Gasteiger partial charge in [-0.2, -0.15) is 0 Å². The molecule has 0 aromatic heterocycles. The number of rotatable bonds is 2. The molecule has 29 heavy (non-hydrogen) atoms. The number of carbonyl (C=O) groups is 2. The van der Waals surface area contributed by atoms with Crippen LogP contribution in [0.1, 0.15) is 51.9 Å². The summed E-state index contributed by atoms with van der Waals surface area (Å²) in [7, 11) is 1.68. The van der Waals surface area contributed by atoms with Crippen molar-refractivity contribution in [3.05, 3.63) is 23.4 Å². The molecule has 7 heteroatoms. The lowest BCUT2D eigenvalue weighted by molar-refractivity contribution is -0.184. The SMILES string of the molecule is CN=C(N)N1C=CCC23C4CCC(C)(CCC12)C31CC(O)(C=O)C(C(=O)O)=C1C4. The van der Waals surface area contributed by atoms with Crippen LogP contribution in [0.25, 0.3) is 0 Å². The van der Waals surface area contributed by atoms with Gasteiger partial charge in [0, 0.05) is 30.1 Å². The van der Waals surface area contributed by atoms with Crippen molar-refractivity contribution in [2.75, 3.05) is 7.05 Å². The molecule has 6 atom stereocenters. The van der Waals surface area contributed by atoms with Gasteiger partial charge < -0.3 is 20.8 Å². The van der Waals surface area contributed by atoms with Crippen LogP contribution in [-0.4, -0.2) is 52.0 Å². The lowest BCUT2D eigenvalue weighted by atomic mass is 9.37. The maximum atomic E-state index is 12.3. The molecule has 3 saturated carbocycles. The maximum absolute atomic E-state index is 12.3. The predicted octanol–water partition coefficient (Wildman–Crippen LogP) is 1.82. The highest BCUT2D eigenvalue weighted by atomic mass is 16.4. The van der Waals surface area contributed by atoms with E-state index >= 15 is 0 Å². The number of carboxylic acid groups (broad SMARTS) is 1. The first-order valence-electron chi connectivity index (χ1n) is 10.5. The Bertz CT molecular complexity index is 910. The van der Waals surface area contributed by atoms with Crippen LogP contribution in [0.3, 0.4) is 0 Å². The van der Waals surface area contributed by atoms with Crippen molar-refractivity contribution < 1.29 is 19.8 Å². The molecule has 4 bridgehead atoms. The van der Waals surface area contributed by atoms with Gasteiger partial charge in [-0.25, -0.2) is 4.79 Å². The molecule has 0 aromatic carbocycles. The van der Waals surface area contributed by atoms with Gasteiger partial charge in [-0.1, -0.05) is 13.0 Å². The van der Waals surface area contributed by atoms with Crippen LogP contribution in [0.4, 0.5) is 0 Å². The molecule has 0 saturated heterocycles. The largest absolute Gasteiger partial charge is 0.478 e. The molecule has 4 N–H and O–H groups in total. The lowest BCUT2D eigenvalue weighted by Gasteiger charge is -2.69. The Kier molecular flexibility index (Phi) is 3.58. The first-order chi connectivity index (χ1) is 13.7. The summed E-state index contributed by atoms with van der Waals surface area (Å²) in [4.78, 5) is 30.6. The van der Waals surface area contributed by atoms with Crippen molar-refractivity contribution in [1.82, 2.24) is 4.90 Å². The Morgan fingerprint density at radius 2 is 2.10 bits per heavy atom. The van der Waals surface area contributed by atoms with Gasteiger partial charge >= 0.3 is 5.97 Å². The zero-order chi connectivity index (χ0) is 20.8. The molecule has 3 fully saturated rings. The summed E-state index contributed by atoms with van der Waals surface area (Å²) in [6.45, 7) is 2.25. The monoisotopic (exact) mass is 399 g/mol. The topological polar surface area (TPSA) is 116 Å². The maximum Gasteiger partial charge on any atom is 0.334 e. The minimum absolute atomic E-state index is 0.0543. The number of hydrogen-bond acceptors (Lipinski definition) is 4. The molecule has 0 radical (unpaired) electrons. The van der Waals surface area contributed by atoms with Crippen LogP contribution in [-0.2, 0) is 9.59 Å². The quantitative estimate of drug-likeness (QED) is 0.371. The fourth-order valence-electron chi connectivity index (χ4n) is 8.48. The average Bonchev–Trinajstić information content (AvgIpc) is 3.06. The number of allylic oxidation sites excluding steroid dienone is 2. The number of aldehydes is 1.